The van der Waals surface area contributed by atoms with Crippen LogP contribution in [0.15, 0.2) is 53.9 Å². The Morgan fingerprint density at radius 3 is 2.55 bits per heavy atom. The van der Waals surface area contributed by atoms with E-state index in [4.69, 9.17) is 4.98 Å². The van der Waals surface area contributed by atoms with Crippen LogP contribution in [0.3, 0.4) is 0 Å². The Kier molecular flexibility index (Phi) is 7.88. The number of anilines is 2. The molecule has 0 amide bonds. The second-order valence-electron chi connectivity index (χ2n) is 10.8. The number of hydrogen-bond acceptors (Lipinski definition) is 9. The molecule has 1 unspecified atom stereocenters. The highest BCUT2D eigenvalue weighted by Crippen LogP contribution is 2.33. The number of sulfonamides is 1. The molecule has 2 aliphatic heterocycles. The van der Waals surface area contributed by atoms with Gasteiger partial charge in [0, 0.05) is 31.2 Å². The molecule has 1 saturated heterocycles. The first-order valence-electron chi connectivity index (χ1n) is 14.1. The third-order valence-electron chi connectivity index (χ3n) is 7.98. The molecule has 3 aromatic heterocycles. The average Bonchev–Trinajstić information content (AvgIpc) is 3.43. The second-order valence-corrected chi connectivity index (χ2v) is 12.6. The summed E-state index contributed by atoms with van der Waals surface area (Å²) in [6, 6.07) is 5.40. The molecule has 16 heteroatoms. The Balaban J connectivity index is 1.16. The van der Waals surface area contributed by atoms with Crippen molar-refractivity contribution < 1.29 is 31.5 Å². The van der Waals surface area contributed by atoms with Crippen molar-refractivity contribution in [1.29, 1.82) is 0 Å². The standard InChI is InChI=1S/C28H29F3N8O4S/c29-28(30,31)19-4-6-20(7-5-19)44(42,43)37-22(27(40)41)14-39-16-35-23-25(33-15-34-26(23)39)38-12-9-17(10-13-38)21-8-3-18-2-1-11-32-24(18)36-21/h3-8,15-17,22,37H,1-2,9-14H2,(H,32,36)(H,40,41). The first-order chi connectivity index (χ1) is 21.0. The van der Waals surface area contributed by atoms with E-state index in [1.807, 2.05) is 0 Å². The van der Waals surface area contributed by atoms with E-state index in [-0.39, 0.29) is 6.54 Å². The minimum absolute atomic E-state index is 0.296. The van der Waals surface area contributed by atoms with Crippen LogP contribution in [0.25, 0.3) is 11.2 Å². The summed E-state index contributed by atoms with van der Waals surface area (Å²) in [6.07, 6.45) is 1.90. The molecule has 1 fully saturated rings. The Morgan fingerprint density at radius 2 is 1.84 bits per heavy atom. The molecule has 0 radical (unpaired) electrons. The number of rotatable bonds is 8. The maximum Gasteiger partial charge on any atom is 0.416 e. The lowest BCUT2D eigenvalue weighted by molar-refractivity contribution is -0.139. The summed E-state index contributed by atoms with van der Waals surface area (Å²) in [6.45, 7) is 1.94. The summed E-state index contributed by atoms with van der Waals surface area (Å²) in [5, 5.41) is 13.2. The molecule has 44 heavy (non-hydrogen) atoms. The van der Waals surface area contributed by atoms with Crippen LogP contribution in [-0.2, 0) is 34.0 Å². The number of alkyl halides is 3. The third kappa shape index (κ3) is 6.04. The van der Waals surface area contributed by atoms with Gasteiger partial charge in [-0.25, -0.2) is 28.4 Å². The molecule has 6 rings (SSSR count). The Labute approximate surface area is 250 Å². The fourth-order valence-electron chi connectivity index (χ4n) is 5.63. The fourth-order valence-corrected chi connectivity index (χ4v) is 6.81. The molecule has 5 heterocycles. The number of aliphatic carboxylic acids is 1. The van der Waals surface area contributed by atoms with E-state index in [0.717, 1.165) is 55.9 Å². The van der Waals surface area contributed by atoms with E-state index in [9.17, 15) is 31.5 Å². The molecule has 0 bridgehead atoms. The van der Waals surface area contributed by atoms with Crippen LogP contribution in [0.2, 0.25) is 0 Å². The van der Waals surface area contributed by atoms with Gasteiger partial charge >= 0.3 is 12.1 Å². The number of hydrogen-bond donors (Lipinski definition) is 3. The molecule has 232 valence electrons. The topological polar surface area (TPSA) is 155 Å². The van der Waals surface area contributed by atoms with E-state index in [2.05, 4.69) is 42.0 Å². The molecule has 2 aliphatic rings. The van der Waals surface area contributed by atoms with Crippen molar-refractivity contribution in [3.05, 3.63) is 65.9 Å². The lowest BCUT2D eigenvalue weighted by atomic mass is 9.92. The number of imidazole rings is 1. The number of carboxylic acids is 1. The number of aromatic nitrogens is 5. The molecular formula is C28H29F3N8O4S. The van der Waals surface area contributed by atoms with Crippen LogP contribution in [0.5, 0.6) is 0 Å². The van der Waals surface area contributed by atoms with E-state index in [1.54, 1.807) is 0 Å². The largest absolute Gasteiger partial charge is 0.480 e. The molecule has 3 N–H and O–H groups in total. The summed E-state index contributed by atoms with van der Waals surface area (Å²) in [7, 11) is -4.46. The van der Waals surface area contributed by atoms with Gasteiger partial charge in [0.1, 0.15) is 18.2 Å². The van der Waals surface area contributed by atoms with Crippen molar-refractivity contribution in [2.45, 2.75) is 55.3 Å². The van der Waals surface area contributed by atoms with Gasteiger partial charge in [-0.3, -0.25) is 4.79 Å². The number of benzene rings is 1. The van der Waals surface area contributed by atoms with Crippen LogP contribution in [0, 0.1) is 0 Å². The highest BCUT2D eigenvalue weighted by atomic mass is 32.2. The smallest absolute Gasteiger partial charge is 0.416 e. The van der Waals surface area contributed by atoms with E-state index in [0.29, 0.717) is 48.1 Å². The summed E-state index contributed by atoms with van der Waals surface area (Å²) >= 11 is 0. The molecule has 1 atom stereocenters. The van der Waals surface area contributed by atoms with Gasteiger partial charge in [-0.15, -0.1) is 0 Å². The molecule has 0 spiro atoms. The Morgan fingerprint density at radius 1 is 1.09 bits per heavy atom. The Hall–Kier alpha value is -4.31. The number of nitrogens with zero attached hydrogens (tertiary/aromatic N) is 6. The number of carboxylic acid groups (broad SMARTS) is 1. The molecular weight excluding hydrogens is 601 g/mol. The van der Waals surface area contributed by atoms with Crippen LogP contribution in [-0.4, -0.2) is 69.7 Å². The quantitative estimate of drug-likeness (QED) is 0.264. The number of aryl methyl sites for hydroxylation is 1. The summed E-state index contributed by atoms with van der Waals surface area (Å²) in [5.41, 5.74) is 2.04. The normalized spacial score (nSPS) is 16.8. The zero-order chi connectivity index (χ0) is 31.1. The molecule has 4 aromatic rings. The van der Waals surface area contributed by atoms with Crippen LogP contribution in [0.1, 0.15) is 42.0 Å². The Bertz CT molecular complexity index is 1790. The fraction of sp³-hybridized carbons (Fsp3) is 0.393. The maximum absolute atomic E-state index is 12.9. The van der Waals surface area contributed by atoms with Crippen LogP contribution < -0.4 is 14.9 Å². The SMILES string of the molecule is O=C(O)C(Cn1cnc2c(N3CCC(c4ccc5c(n4)NCCC5)CC3)ncnc21)NS(=O)(=O)c1ccc(C(F)(F)F)cc1. The van der Waals surface area contributed by atoms with E-state index < -0.39 is 38.7 Å². The lowest BCUT2D eigenvalue weighted by Gasteiger charge is -2.33. The van der Waals surface area contributed by atoms with Gasteiger partial charge in [0.05, 0.1) is 23.3 Å². The predicted octanol–water partition coefficient (Wildman–Crippen LogP) is 3.41. The average molecular weight is 631 g/mol. The number of nitrogens with one attached hydrogen (secondary N) is 2. The van der Waals surface area contributed by atoms with Gasteiger partial charge in [0.2, 0.25) is 10.0 Å². The highest BCUT2D eigenvalue weighted by Gasteiger charge is 2.32. The minimum Gasteiger partial charge on any atom is -0.480 e. The summed E-state index contributed by atoms with van der Waals surface area (Å²) in [5.74, 6) is 0.374. The van der Waals surface area contributed by atoms with Crippen LogP contribution >= 0.6 is 0 Å². The molecule has 0 saturated carbocycles. The molecule has 0 aliphatic carbocycles. The van der Waals surface area contributed by atoms with E-state index >= 15 is 0 Å². The van der Waals surface area contributed by atoms with Crippen LogP contribution in [0.4, 0.5) is 24.8 Å². The number of halogens is 3. The molecule has 1 aromatic carbocycles. The number of carbonyl (C=O) groups is 1. The van der Waals surface area contributed by atoms with Gasteiger partial charge in [-0.2, -0.15) is 17.9 Å². The second kappa shape index (κ2) is 11.6. The predicted molar refractivity (Wildman–Crippen MR) is 154 cm³/mol. The number of piperidine rings is 1. The third-order valence-corrected chi connectivity index (χ3v) is 9.46. The first kappa shape index (κ1) is 29.7. The zero-order valence-electron chi connectivity index (χ0n) is 23.3. The van der Waals surface area contributed by atoms with Gasteiger partial charge in [-0.1, -0.05) is 6.07 Å². The maximum atomic E-state index is 12.9. The van der Waals surface area contributed by atoms with Crippen molar-refractivity contribution in [3.8, 4) is 0 Å². The zero-order valence-corrected chi connectivity index (χ0v) is 24.1. The number of pyridine rings is 1. The van der Waals surface area contributed by atoms with Gasteiger partial charge < -0.3 is 19.9 Å². The number of fused-ring (bicyclic) bond motifs is 2. The highest BCUT2D eigenvalue weighted by molar-refractivity contribution is 7.89. The lowest BCUT2D eigenvalue weighted by Crippen LogP contribution is -2.43. The van der Waals surface area contributed by atoms with Gasteiger partial charge in [-0.05, 0) is 61.6 Å². The van der Waals surface area contributed by atoms with Crippen molar-refractivity contribution in [2.75, 3.05) is 29.9 Å². The van der Waals surface area contributed by atoms with E-state index in [1.165, 1.54) is 22.8 Å². The summed E-state index contributed by atoms with van der Waals surface area (Å²) in [4.78, 5) is 31.6. The van der Waals surface area contributed by atoms with Gasteiger partial charge in [0.25, 0.3) is 0 Å². The molecule has 12 nitrogen and oxygen atoms in total. The van der Waals surface area contributed by atoms with Crippen molar-refractivity contribution in [3.63, 3.8) is 0 Å². The van der Waals surface area contributed by atoms with Crippen molar-refractivity contribution in [1.82, 2.24) is 29.2 Å². The van der Waals surface area contributed by atoms with Crippen molar-refractivity contribution >= 4 is 38.8 Å². The first-order valence-corrected chi connectivity index (χ1v) is 15.5. The minimum atomic E-state index is -4.64. The van der Waals surface area contributed by atoms with Crippen molar-refractivity contribution in [2.24, 2.45) is 0 Å². The van der Waals surface area contributed by atoms with Gasteiger partial charge in [0.15, 0.2) is 17.0 Å². The summed E-state index contributed by atoms with van der Waals surface area (Å²) < 4.78 is 67.8. The monoisotopic (exact) mass is 630 g/mol.